The summed E-state index contributed by atoms with van der Waals surface area (Å²) >= 11 is 1.12. The number of nitrogens with zero attached hydrogens (tertiary/aromatic N) is 2. The van der Waals surface area contributed by atoms with Crippen LogP contribution in [0.5, 0.6) is 11.5 Å². The summed E-state index contributed by atoms with van der Waals surface area (Å²) in [6.45, 7) is 2.49. The molecule has 0 bridgehead atoms. The predicted molar refractivity (Wildman–Crippen MR) is 116 cm³/mol. The zero-order chi connectivity index (χ0) is 23.1. The number of aromatic nitrogens is 2. The summed E-state index contributed by atoms with van der Waals surface area (Å²) < 4.78 is 49.3. The molecule has 0 unspecified atom stereocenters. The molecule has 0 aliphatic rings. The van der Waals surface area contributed by atoms with E-state index in [1.807, 2.05) is 31.2 Å². The Morgan fingerprint density at radius 3 is 2.41 bits per heavy atom. The minimum absolute atomic E-state index is 0.0511. The minimum Gasteiger partial charge on any atom is -0.495 e. The maximum Gasteiger partial charge on any atom is 0.416 e. The van der Waals surface area contributed by atoms with Crippen molar-refractivity contribution in [2.75, 3.05) is 24.8 Å². The van der Waals surface area contributed by atoms with E-state index in [9.17, 15) is 18.0 Å². The second-order valence-electron chi connectivity index (χ2n) is 6.46. The topological polar surface area (TPSA) is 73.3 Å². The molecule has 0 spiro atoms. The molecule has 0 saturated carbocycles. The van der Waals surface area contributed by atoms with E-state index >= 15 is 0 Å². The van der Waals surface area contributed by atoms with Gasteiger partial charge in [0, 0.05) is 5.56 Å². The van der Waals surface area contributed by atoms with Crippen molar-refractivity contribution in [1.82, 2.24) is 10.2 Å². The van der Waals surface area contributed by atoms with Crippen LogP contribution < -0.4 is 14.8 Å². The highest BCUT2D eigenvalue weighted by molar-refractivity contribution is 7.99. The Balaban J connectivity index is 1.60. The minimum atomic E-state index is -4.53. The van der Waals surface area contributed by atoms with Gasteiger partial charge in [0.05, 0.1) is 36.4 Å². The van der Waals surface area contributed by atoms with Crippen LogP contribution in [-0.2, 0) is 11.0 Å². The molecular formula is C22H20F3N3O3S. The molecule has 1 N–H and O–H groups in total. The molecule has 1 heterocycles. The van der Waals surface area contributed by atoms with E-state index in [4.69, 9.17) is 9.47 Å². The number of anilines is 1. The van der Waals surface area contributed by atoms with E-state index in [-0.39, 0.29) is 17.2 Å². The smallest absolute Gasteiger partial charge is 0.416 e. The Kier molecular flexibility index (Phi) is 7.57. The van der Waals surface area contributed by atoms with Crippen molar-refractivity contribution >= 4 is 23.4 Å². The predicted octanol–water partition coefficient (Wildman–Crippen LogP) is 5.30. The summed E-state index contributed by atoms with van der Waals surface area (Å²) in [7, 11) is 1.31. The summed E-state index contributed by atoms with van der Waals surface area (Å²) in [5.74, 6) is 0.344. The summed E-state index contributed by atoms with van der Waals surface area (Å²) in [6, 6.07) is 13.8. The van der Waals surface area contributed by atoms with Gasteiger partial charge in [-0.3, -0.25) is 4.79 Å². The molecule has 3 aromatic rings. The fraction of sp³-hybridized carbons (Fsp3) is 0.227. The van der Waals surface area contributed by atoms with Crippen LogP contribution in [0.2, 0.25) is 0 Å². The van der Waals surface area contributed by atoms with Gasteiger partial charge in [-0.05, 0) is 61.5 Å². The molecule has 10 heteroatoms. The summed E-state index contributed by atoms with van der Waals surface area (Å²) in [4.78, 5) is 12.3. The number of thioether (sulfide) groups is 1. The molecule has 0 aliphatic carbocycles. The van der Waals surface area contributed by atoms with Crippen molar-refractivity contribution in [1.29, 1.82) is 0 Å². The molecule has 1 aromatic heterocycles. The molecule has 0 saturated heterocycles. The van der Waals surface area contributed by atoms with Gasteiger partial charge in [-0.2, -0.15) is 13.2 Å². The van der Waals surface area contributed by atoms with E-state index in [2.05, 4.69) is 15.5 Å². The number of rotatable bonds is 8. The Hall–Kier alpha value is -3.27. The van der Waals surface area contributed by atoms with E-state index in [0.29, 0.717) is 17.3 Å². The van der Waals surface area contributed by atoms with Gasteiger partial charge in [0.2, 0.25) is 5.91 Å². The second-order valence-corrected chi connectivity index (χ2v) is 7.46. The van der Waals surface area contributed by atoms with Crippen LogP contribution in [0.1, 0.15) is 12.5 Å². The number of alkyl halides is 3. The van der Waals surface area contributed by atoms with Gasteiger partial charge in [-0.25, -0.2) is 0 Å². The first-order chi connectivity index (χ1) is 15.3. The lowest BCUT2D eigenvalue weighted by Crippen LogP contribution is -2.16. The molecule has 0 aliphatic heterocycles. The van der Waals surface area contributed by atoms with Crippen molar-refractivity contribution in [2.24, 2.45) is 0 Å². The first kappa shape index (κ1) is 23.4. The van der Waals surface area contributed by atoms with Crippen LogP contribution in [0, 0.1) is 0 Å². The lowest BCUT2D eigenvalue weighted by Gasteiger charge is -2.13. The number of carbonyl (C=O) groups excluding carboxylic acids is 1. The van der Waals surface area contributed by atoms with Crippen LogP contribution in [0.15, 0.2) is 59.6 Å². The third-order valence-corrected chi connectivity index (χ3v) is 5.17. The SMILES string of the molecule is CCOc1ccc(-c2ccc(SCC(=O)Nc3cc(C(F)(F)F)ccc3OC)nn2)cc1. The number of hydrogen-bond donors (Lipinski definition) is 1. The monoisotopic (exact) mass is 463 g/mol. The van der Waals surface area contributed by atoms with E-state index in [1.165, 1.54) is 7.11 Å². The molecule has 3 rings (SSSR count). The molecule has 0 fully saturated rings. The van der Waals surface area contributed by atoms with Gasteiger partial charge in [0.1, 0.15) is 16.5 Å². The van der Waals surface area contributed by atoms with Gasteiger partial charge in [0.25, 0.3) is 0 Å². The highest BCUT2D eigenvalue weighted by Crippen LogP contribution is 2.35. The highest BCUT2D eigenvalue weighted by atomic mass is 32.2. The van der Waals surface area contributed by atoms with Crippen LogP contribution in [-0.4, -0.2) is 35.6 Å². The van der Waals surface area contributed by atoms with Crippen molar-refractivity contribution in [3.8, 4) is 22.8 Å². The van der Waals surface area contributed by atoms with Crippen LogP contribution in [0.3, 0.4) is 0 Å². The molecule has 0 radical (unpaired) electrons. The Morgan fingerprint density at radius 2 is 1.81 bits per heavy atom. The fourth-order valence-corrected chi connectivity index (χ4v) is 3.36. The Morgan fingerprint density at radius 1 is 1.06 bits per heavy atom. The average molecular weight is 463 g/mol. The number of carbonyl (C=O) groups is 1. The number of hydrogen-bond acceptors (Lipinski definition) is 6. The van der Waals surface area contributed by atoms with Gasteiger partial charge in [-0.15, -0.1) is 10.2 Å². The maximum absolute atomic E-state index is 12.9. The van der Waals surface area contributed by atoms with Crippen LogP contribution in [0.4, 0.5) is 18.9 Å². The Labute approximate surface area is 187 Å². The van der Waals surface area contributed by atoms with Gasteiger partial charge < -0.3 is 14.8 Å². The zero-order valence-corrected chi connectivity index (χ0v) is 18.1. The van der Waals surface area contributed by atoms with Gasteiger partial charge in [0.15, 0.2) is 0 Å². The van der Waals surface area contributed by atoms with E-state index in [0.717, 1.165) is 41.3 Å². The molecule has 0 atom stereocenters. The number of amides is 1. The lowest BCUT2D eigenvalue weighted by molar-refractivity contribution is -0.137. The standard InChI is InChI=1S/C22H20F3N3O3S/c1-3-31-16-7-4-14(5-8-16)17-9-11-21(28-27-17)32-13-20(29)26-18-12-15(22(23,24)25)6-10-19(18)30-2/h4-12H,3,13H2,1-2H3,(H,26,29). The normalized spacial score (nSPS) is 11.2. The zero-order valence-electron chi connectivity index (χ0n) is 17.3. The fourth-order valence-electron chi connectivity index (χ4n) is 2.75. The number of methoxy groups -OCH3 is 1. The van der Waals surface area contributed by atoms with Gasteiger partial charge in [-0.1, -0.05) is 11.8 Å². The summed E-state index contributed by atoms with van der Waals surface area (Å²) in [6.07, 6.45) is -4.53. The van der Waals surface area contributed by atoms with Crippen molar-refractivity contribution in [3.05, 3.63) is 60.2 Å². The number of nitrogens with one attached hydrogen (secondary N) is 1. The third-order valence-electron chi connectivity index (χ3n) is 4.25. The second kappa shape index (κ2) is 10.4. The first-order valence-electron chi connectivity index (χ1n) is 9.55. The number of benzene rings is 2. The molecule has 6 nitrogen and oxygen atoms in total. The molecule has 168 valence electrons. The average Bonchev–Trinajstić information content (AvgIpc) is 2.78. The third kappa shape index (κ3) is 6.13. The largest absolute Gasteiger partial charge is 0.495 e. The maximum atomic E-state index is 12.9. The molecular weight excluding hydrogens is 443 g/mol. The van der Waals surface area contributed by atoms with E-state index < -0.39 is 17.6 Å². The first-order valence-corrected chi connectivity index (χ1v) is 10.5. The number of halogens is 3. The molecule has 32 heavy (non-hydrogen) atoms. The van der Waals surface area contributed by atoms with E-state index in [1.54, 1.807) is 12.1 Å². The number of ether oxygens (including phenoxy) is 2. The van der Waals surface area contributed by atoms with Crippen molar-refractivity contribution in [3.63, 3.8) is 0 Å². The van der Waals surface area contributed by atoms with Crippen LogP contribution in [0.25, 0.3) is 11.3 Å². The molecule has 2 aromatic carbocycles. The molecule has 1 amide bonds. The van der Waals surface area contributed by atoms with Gasteiger partial charge >= 0.3 is 6.18 Å². The van der Waals surface area contributed by atoms with Crippen molar-refractivity contribution < 1.29 is 27.4 Å². The Bertz CT molecular complexity index is 1060. The highest BCUT2D eigenvalue weighted by Gasteiger charge is 2.31. The lowest BCUT2D eigenvalue weighted by atomic mass is 10.1. The summed E-state index contributed by atoms with van der Waals surface area (Å²) in [5.41, 5.74) is 0.601. The quantitative estimate of drug-likeness (QED) is 0.457. The summed E-state index contributed by atoms with van der Waals surface area (Å²) in [5, 5.41) is 11.2. The van der Waals surface area contributed by atoms with Crippen LogP contribution >= 0.6 is 11.8 Å². The van der Waals surface area contributed by atoms with Crippen molar-refractivity contribution in [2.45, 2.75) is 18.1 Å².